The summed E-state index contributed by atoms with van der Waals surface area (Å²) in [5.41, 5.74) is 4.94. The minimum absolute atomic E-state index is 0.0809. The predicted octanol–water partition coefficient (Wildman–Crippen LogP) is 3.73. The Morgan fingerprint density at radius 1 is 1.12 bits per heavy atom. The summed E-state index contributed by atoms with van der Waals surface area (Å²) in [6.07, 6.45) is -0.0809. The van der Waals surface area contributed by atoms with Crippen LogP contribution >= 0.6 is 27.5 Å². The molecule has 8 heteroatoms. The third-order valence-electron chi connectivity index (χ3n) is 3.06. The lowest BCUT2D eigenvalue weighted by molar-refractivity contribution is -0.123. The number of hydrogen-bond acceptors (Lipinski definition) is 4. The number of nitrogens with one attached hydrogen (secondary N) is 2. The molecule has 0 saturated heterocycles. The van der Waals surface area contributed by atoms with Crippen molar-refractivity contribution in [3.63, 3.8) is 0 Å². The second-order valence-electron chi connectivity index (χ2n) is 5.53. The van der Waals surface area contributed by atoms with Crippen molar-refractivity contribution in [2.24, 2.45) is 0 Å². The van der Waals surface area contributed by atoms with Crippen molar-refractivity contribution in [3.8, 4) is 11.5 Å². The van der Waals surface area contributed by atoms with E-state index in [1.54, 1.807) is 42.5 Å². The number of halogens is 2. The molecule has 2 rings (SSSR count). The van der Waals surface area contributed by atoms with Gasteiger partial charge in [-0.25, -0.2) is 0 Å². The Morgan fingerprint density at radius 2 is 1.85 bits per heavy atom. The highest BCUT2D eigenvalue weighted by molar-refractivity contribution is 9.10. The fourth-order valence-corrected chi connectivity index (χ4v) is 2.70. The monoisotopic (exact) mass is 440 g/mol. The molecule has 6 nitrogen and oxygen atoms in total. The minimum atomic E-state index is -0.528. The highest BCUT2D eigenvalue weighted by atomic mass is 79.9. The molecule has 0 aromatic heterocycles. The number of rotatable bonds is 6. The van der Waals surface area contributed by atoms with Crippen LogP contribution in [0.1, 0.15) is 24.2 Å². The number of para-hydroxylation sites is 1. The number of hydrogen-bond donors (Lipinski definition) is 2. The van der Waals surface area contributed by atoms with Gasteiger partial charge in [0.2, 0.25) is 0 Å². The minimum Gasteiger partial charge on any atom is -0.490 e. The summed E-state index contributed by atoms with van der Waals surface area (Å²) in [5, 5.41) is 0.371. The van der Waals surface area contributed by atoms with Gasteiger partial charge in [0.1, 0.15) is 11.5 Å². The van der Waals surface area contributed by atoms with Gasteiger partial charge >= 0.3 is 0 Å². The highest BCUT2D eigenvalue weighted by Gasteiger charge is 2.14. The van der Waals surface area contributed by atoms with Gasteiger partial charge in [-0.3, -0.25) is 20.4 Å². The van der Waals surface area contributed by atoms with Crippen LogP contribution in [0, 0.1) is 0 Å². The van der Waals surface area contributed by atoms with Crippen LogP contribution in [0.25, 0.3) is 0 Å². The Labute approximate surface area is 164 Å². The van der Waals surface area contributed by atoms with Gasteiger partial charge in [-0.2, -0.15) is 0 Å². The molecule has 0 heterocycles. The van der Waals surface area contributed by atoms with Crippen LogP contribution in [-0.2, 0) is 4.79 Å². The molecule has 2 amide bonds. The largest absolute Gasteiger partial charge is 0.490 e. The SMILES string of the molecule is CC(C)Oc1ccccc1C(=O)NNC(=O)COc1ccc(Br)cc1Cl. The Hall–Kier alpha value is -2.25. The quantitative estimate of drug-likeness (QED) is 0.670. The van der Waals surface area contributed by atoms with E-state index < -0.39 is 11.8 Å². The van der Waals surface area contributed by atoms with E-state index in [1.165, 1.54) is 0 Å². The summed E-state index contributed by atoms with van der Waals surface area (Å²) in [6.45, 7) is 3.42. The molecule has 2 N–H and O–H groups in total. The van der Waals surface area contributed by atoms with Gasteiger partial charge in [-0.15, -0.1) is 0 Å². The van der Waals surface area contributed by atoms with Crippen LogP contribution in [0.3, 0.4) is 0 Å². The first-order valence-corrected chi connectivity index (χ1v) is 8.96. The maximum absolute atomic E-state index is 12.2. The molecule has 0 bridgehead atoms. The van der Waals surface area contributed by atoms with Gasteiger partial charge < -0.3 is 9.47 Å². The third-order valence-corrected chi connectivity index (χ3v) is 3.85. The van der Waals surface area contributed by atoms with Crippen LogP contribution in [0.15, 0.2) is 46.9 Å². The maximum atomic E-state index is 12.2. The highest BCUT2D eigenvalue weighted by Crippen LogP contribution is 2.27. The van der Waals surface area contributed by atoms with Crippen LogP contribution in [0.5, 0.6) is 11.5 Å². The topological polar surface area (TPSA) is 76.7 Å². The molecule has 0 aliphatic rings. The van der Waals surface area contributed by atoms with E-state index in [-0.39, 0.29) is 12.7 Å². The predicted molar refractivity (Wildman–Crippen MR) is 102 cm³/mol. The van der Waals surface area contributed by atoms with Gasteiger partial charge in [0.15, 0.2) is 6.61 Å². The molecule has 0 spiro atoms. The second kappa shape index (κ2) is 9.45. The Bertz CT molecular complexity index is 799. The lowest BCUT2D eigenvalue weighted by Crippen LogP contribution is -2.44. The van der Waals surface area contributed by atoms with E-state index in [1.807, 2.05) is 13.8 Å². The zero-order chi connectivity index (χ0) is 19.1. The zero-order valence-electron chi connectivity index (χ0n) is 14.2. The van der Waals surface area contributed by atoms with E-state index in [2.05, 4.69) is 26.8 Å². The van der Waals surface area contributed by atoms with Crippen LogP contribution < -0.4 is 20.3 Å². The summed E-state index contributed by atoms with van der Waals surface area (Å²) < 4.78 is 11.7. The van der Waals surface area contributed by atoms with E-state index in [4.69, 9.17) is 21.1 Å². The number of amides is 2. The number of ether oxygens (including phenoxy) is 2. The average Bonchev–Trinajstić information content (AvgIpc) is 2.59. The first-order valence-electron chi connectivity index (χ1n) is 7.79. The standard InChI is InChI=1S/C18H18BrClN2O4/c1-11(2)26-15-6-4-3-5-13(15)18(24)22-21-17(23)10-25-16-8-7-12(19)9-14(16)20/h3-9,11H,10H2,1-2H3,(H,21,23)(H,22,24). The number of benzene rings is 2. The normalized spacial score (nSPS) is 10.3. The summed E-state index contributed by atoms with van der Waals surface area (Å²) in [7, 11) is 0. The van der Waals surface area contributed by atoms with Crippen molar-refractivity contribution in [1.82, 2.24) is 10.9 Å². The van der Waals surface area contributed by atoms with E-state index in [9.17, 15) is 9.59 Å². The van der Waals surface area contributed by atoms with Crippen molar-refractivity contribution in [3.05, 3.63) is 57.5 Å². The maximum Gasteiger partial charge on any atom is 0.276 e. The number of carbonyl (C=O) groups excluding carboxylic acids is 2. The smallest absolute Gasteiger partial charge is 0.276 e. The van der Waals surface area contributed by atoms with Gasteiger partial charge in [-0.1, -0.05) is 39.7 Å². The average molecular weight is 442 g/mol. The fourth-order valence-electron chi connectivity index (χ4n) is 1.98. The summed E-state index contributed by atoms with van der Waals surface area (Å²) in [6, 6.07) is 11.8. The van der Waals surface area contributed by atoms with Crippen molar-refractivity contribution in [2.45, 2.75) is 20.0 Å². The third kappa shape index (κ3) is 5.93. The van der Waals surface area contributed by atoms with Gasteiger partial charge in [0, 0.05) is 4.47 Å². The molecule has 138 valence electrons. The van der Waals surface area contributed by atoms with Gasteiger partial charge in [-0.05, 0) is 44.2 Å². The lowest BCUT2D eigenvalue weighted by Gasteiger charge is -2.14. The number of carbonyl (C=O) groups is 2. The lowest BCUT2D eigenvalue weighted by atomic mass is 10.2. The molecule has 0 aliphatic carbocycles. The Balaban J connectivity index is 1.88. The van der Waals surface area contributed by atoms with Gasteiger partial charge in [0.05, 0.1) is 16.7 Å². The van der Waals surface area contributed by atoms with Crippen molar-refractivity contribution in [1.29, 1.82) is 0 Å². The zero-order valence-corrected chi connectivity index (χ0v) is 16.6. The van der Waals surface area contributed by atoms with Crippen molar-refractivity contribution in [2.75, 3.05) is 6.61 Å². The van der Waals surface area contributed by atoms with Crippen LogP contribution in [0.2, 0.25) is 5.02 Å². The Kier molecular flexibility index (Phi) is 7.29. The van der Waals surface area contributed by atoms with E-state index in [0.717, 1.165) is 4.47 Å². The van der Waals surface area contributed by atoms with E-state index >= 15 is 0 Å². The molecule has 0 atom stereocenters. The first kappa shape index (κ1) is 20.1. The molecule has 2 aromatic carbocycles. The van der Waals surface area contributed by atoms with Crippen molar-refractivity contribution >= 4 is 39.3 Å². The molecule has 26 heavy (non-hydrogen) atoms. The molecule has 2 aromatic rings. The van der Waals surface area contributed by atoms with Crippen LogP contribution in [0.4, 0.5) is 0 Å². The van der Waals surface area contributed by atoms with Crippen molar-refractivity contribution < 1.29 is 19.1 Å². The molecule has 0 unspecified atom stereocenters. The Morgan fingerprint density at radius 3 is 2.54 bits per heavy atom. The summed E-state index contributed by atoms with van der Waals surface area (Å²) >= 11 is 9.29. The van der Waals surface area contributed by atoms with Crippen LogP contribution in [-0.4, -0.2) is 24.5 Å². The molecule has 0 saturated carbocycles. The molecule has 0 radical (unpaired) electrons. The second-order valence-corrected chi connectivity index (χ2v) is 6.85. The first-order chi connectivity index (χ1) is 12.4. The summed E-state index contributed by atoms with van der Waals surface area (Å²) in [4.78, 5) is 24.1. The summed E-state index contributed by atoms with van der Waals surface area (Å²) in [5.74, 6) is -0.213. The number of hydrazine groups is 1. The molecule has 0 aliphatic heterocycles. The molecular formula is C18H18BrClN2O4. The molecule has 0 fully saturated rings. The van der Waals surface area contributed by atoms with E-state index in [0.29, 0.717) is 22.1 Å². The molecular weight excluding hydrogens is 424 g/mol. The fraction of sp³-hybridized carbons (Fsp3) is 0.222. The van der Waals surface area contributed by atoms with Gasteiger partial charge in [0.25, 0.3) is 11.8 Å².